The molecule has 2 aliphatic heterocycles. The summed E-state index contributed by atoms with van der Waals surface area (Å²) in [6.45, 7) is 7.48. The second-order valence-corrected chi connectivity index (χ2v) is 7.88. The molecule has 0 aromatic heterocycles. The van der Waals surface area contributed by atoms with Crippen molar-refractivity contribution < 1.29 is 9.53 Å². The molecule has 1 N–H and O–H groups in total. The predicted octanol–water partition coefficient (Wildman–Crippen LogP) is 4.51. The number of carbonyl (C=O) groups is 1. The first-order chi connectivity index (χ1) is 14.2. The Labute approximate surface area is 173 Å². The second kappa shape index (κ2) is 8.42. The summed E-state index contributed by atoms with van der Waals surface area (Å²) in [5.74, 6) is 1.05. The van der Waals surface area contributed by atoms with Gasteiger partial charge in [0.2, 0.25) is 0 Å². The number of para-hydroxylation sites is 1. The first-order valence-electron chi connectivity index (χ1n) is 10.8. The molecule has 4 heteroatoms. The number of fused-ring (bicyclic) bond motifs is 1. The van der Waals surface area contributed by atoms with E-state index in [1.807, 2.05) is 36.9 Å². The van der Waals surface area contributed by atoms with Gasteiger partial charge in [-0.2, -0.15) is 0 Å². The largest absolute Gasteiger partial charge is 0.482 e. The van der Waals surface area contributed by atoms with Crippen LogP contribution in [0.2, 0.25) is 0 Å². The van der Waals surface area contributed by atoms with Crippen molar-refractivity contribution in [3.8, 4) is 5.75 Å². The summed E-state index contributed by atoms with van der Waals surface area (Å²) < 4.78 is 6.54. The maximum absolute atomic E-state index is 12.7. The number of rotatable bonds is 4. The van der Waals surface area contributed by atoms with E-state index in [-0.39, 0.29) is 11.5 Å². The zero-order chi connectivity index (χ0) is 20.3. The molecule has 4 rings (SSSR count). The van der Waals surface area contributed by atoms with Gasteiger partial charge in [-0.1, -0.05) is 30.3 Å². The fourth-order valence-electron chi connectivity index (χ4n) is 4.40. The van der Waals surface area contributed by atoms with Crippen molar-refractivity contribution in [3.63, 3.8) is 0 Å². The lowest BCUT2D eigenvalue weighted by atomic mass is 9.84. The van der Waals surface area contributed by atoms with Crippen molar-refractivity contribution >= 4 is 11.5 Å². The van der Waals surface area contributed by atoms with Crippen LogP contribution < -0.4 is 10.1 Å². The van der Waals surface area contributed by atoms with Gasteiger partial charge in [-0.3, -0.25) is 4.79 Å². The molecule has 2 heterocycles. The highest BCUT2D eigenvalue weighted by molar-refractivity contribution is 5.95. The molecule has 29 heavy (non-hydrogen) atoms. The van der Waals surface area contributed by atoms with Crippen LogP contribution in [0, 0.1) is 0 Å². The first-order valence-corrected chi connectivity index (χ1v) is 10.8. The summed E-state index contributed by atoms with van der Waals surface area (Å²) in [6, 6.07) is 16.4. The lowest BCUT2D eigenvalue weighted by Gasteiger charge is -2.36. The normalized spacial score (nSPS) is 21.0. The molecule has 2 aliphatic rings. The van der Waals surface area contributed by atoms with Crippen LogP contribution >= 0.6 is 0 Å². The highest BCUT2D eigenvalue weighted by atomic mass is 16.5. The van der Waals surface area contributed by atoms with Crippen molar-refractivity contribution in [2.45, 2.75) is 38.7 Å². The van der Waals surface area contributed by atoms with Crippen molar-refractivity contribution in [3.05, 3.63) is 71.3 Å². The molecule has 1 saturated heterocycles. The van der Waals surface area contributed by atoms with E-state index in [2.05, 4.69) is 41.7 Å². The molecule has 2 aromatic rings. The minimum atomic E-state index is -0.261. The monoisotopic (exact) mass is 390 g/mol. The molecule has 0 bridgehead atoms. The average Bonchev–Trinajstić information content (AvgIpc) is 2.99. The first kappa shape index (κ1) is 19.7. The lowest BCUT2D eigenvalue weighted by molar-refractivity contribution is 0.0773. The van der Waals surface area contributed by atoms with Crippen molar-refractivity contribution in [2.24, 2.45) is 0 Å². The molecule has 152 valence electrons. The molecule has 0 unspecified atom stereocenters. The van der Waals surface area contributed by atoms with Crippen molar-refractivity contribution in [1.29, 1.82) is 0 Å². The van der Waals surface area contributed by atoms with Gasteiger partial charge in [0, 0.05) is 30.6 Å². The molecular formula is C25H30N2O2. The van der Waals surface area contributed by atoms with Crippen LogP contribution in [-0.4, -0.2) is 42.6 Å². The van der Waals surface area contributed by atoms with Gasteiger partial charge < -0.3 is 15.0 Å². The Kier molecular flexibility index (Phi) is 5.72. The van der Waals surface area contributed by atoms with Crippen LogP contribution in [0.3, 0.4) is 0 Å². The molecule has 2 aromatic carbocycles. The number of nitrogens with one attached hydrogen (secondary N) is 1. The average molecular weight is 391 g/mol. The molecule has 1 spiro atoms. The number of hydrogen-bond donors (Lipinski definition) is 1. The number of hydrogen-bond acceptors (Lipinski definition) is 3. The van der Waals surface area contributed by atoms with Crippen LogP contribution in [0.4, 0.5) is 0 Å². The minimum absolute atomic E-state index is 0.0919. The number of benzene rings is 2. The van der Waals surface area contributed by atoms with Gasteiger partial charge in [-0.05, 0) is 75.2 Å². The second-order valence-electron chi connectivity index (χ2n) is 7.88. The smallest absolute Gasteiger partial charge is 0.253 e. The van der Waals surface area contributed by atoms with E-state index in [0.29, 0.717) is 0 Å². The Morgan fingerprint density at radius 3 is 2.55 bits per heavy atom. The molecular weight excluding hydrogens is 360 g/mol. The van der Waals surface area contributed by atoms with Crippen LogP contribution in [0.5, 0.6) is 5.75 Å². The van der Waals surface area contributed by atoms with Crippen LogP contribution in [-0.2, 0) is 0 Å². The number of ether oxygens (including phenoxy) is 1. The van der Waals surface area contributed by atoms with Gasteiger partial charge in [0.15, 0.2) is 0 Å². The van der Waals surface area contributed by atoms with Crippen LogP contribution in [0.25, 0.3) is 5.57 Å². The van der Waals surface area contributed by atoms with E-state index in [9.17, 15) is 4.79 Å². The van der Waals surface area contributed by atoms with Gasteiger partial charge in [0.25, 0.3) is 5.91 Å². The summed E-state index contributed by atoms with van der Waals surface area (Å²) in [5.41, 5.74) is 3.94. The van der Waals surface area contributed by atoms with Crippen LogP contribution in [0.1, 0.15) is 54.6 Å². The zero-order valence-corrected chi connectivity index (χ0v) is 17.4. The Hall–Kier alpha value is -2.59. The molecule has 1 atom stereocenters. The molecule has 1 fully saturated rings. The zero-order valence-electron chi connectivity index (χ0n) is 17.4. The summed E-state index contributed by atoms with van der Waals surface area (Å²) in [5, 5.41) is 3.49. The number of amides is 1. The van der Waals surface area contributed by atoms with Crippen LogP contribution in [0.15, 0.2) is 54.6 Å². The van der Waals surface area contributed by atoms with Gasteiger partial charge in [0.05, 0.1) is 0 Å². The van der Waals surface area contributed by atoms with E-state index >= 15 is 0 Å². The maximum Gasteiger partial charge on any atom is 0.253 e. The van der Waals surface area contributed by atoms with Gasteiger partial charge in [-0.15, -0.1) is 0 Å². The molecule has 1 amide bonds. The lowest BCUT2D eigenvalue weighted by Crippen LogP contribution is -2.37. The fraction of sp³-hybridized carbons (Fsp3) is 0.400. The summed E-state index contributed by atoms with van der Waals surface area (Å²) in [6.07, 6.45) is 5.40. The topological polar surface area (TPSA) is 41.6 Å². The molecule has 4 nitrogen and oxygen atoms in total. The third kappa shape index (κ3) is 3.95. The highest BCUT2D eigenvalue weighted by Gasteiger charge is 2.36. The SMILES string of the molecule is CCN(CC)C(=O)c1ccc(C2=C[C@]3(CCCNCC3)Oc3ccccc32)cc1. The summed E-state index contributed by atoms with van der Waals surface area (Å²) >= 11 is 0. The van der Waals surface area contributed by atoms with Gasteiger partial charge in [0.1, 0.15) is 11.4 Å². The van der Waals surface area contributed by atoms with Gasteiger partial charge >= 0.3 is 0 Å². The Morgan fingerprint density at radius 1 is 1.03 bits per heavy atom. The van der Waals surface area contributed by atoms with E-state index in [1.54, 1.807) is 0 Å². The van der Waals surface area contributed by atoms with Crippen molar-refractivity contribution in [1.82, 2.24) is 10.2 Å². The minimum Gasteiger partial charge on any atom is -0.482 e. The molecule has 0 radical (unpaired) electrons. The van der Waals surface area contributed by atoms with E-state index < -0.39 is 0 Å². The van der Waals surface area contributed by atoms with E-state index in [4.69, 9.17) is 4.74 Å². The Balaban J connectivity index is 1.71. The molecule has 0 saturated carbocycles. The number of nitrogens with zero attached hydrogens (tertiary/aromatic N) is 1. The Morgan fingerprint density at radius 2 is 1.79 bits per heavy atom. The third-order valence-corrected chi connectivity index (χ3v) is 6.07. The molecule has 0 aliphatic carbocycles. The summed E-state index contributed by atoms with van der Waals surface area (Å²) in [7, 11) is 0. The van der Waals surface area contributed by atoms with E-state index in [1.165, 1.54) is 5.57 Å². The standard InChI is InChI=1S/C25H30N2O2/c1-3-27(4-2)24(28)20-12-10-19(11-13-20)22-18-25(14-7-16-26-17-15-25)29-23-9-6-5-8-21(22)23/h5-6,8-13,18,26H,3-4,7,14-17H2,1-2H3/t25-/m1/s1. The summed E-state index contributed by atoms with van der Waals surface area (Å²) in [4.78, 5) is 14.5. The van der Waals surface area contributed by atoms with E-state index in [0.717, 1.165) is 67.9 Å². The van der Waals surface area contributed by atoms with Crippen molar-refractivity contribution in [2.75, 3.05) is 26.2 Å². The third-order valence-electron chi connectivity index (χ3n) is 6.07. The fourth-order valence-corrected chi connectivity index (χ4v) is 4.40. The Bertz CT molecular complexity index is 889. The quantitative estimate of drug-likeness (QED) is 0.835. The predicted molar refractivity (Wildman–Crippen MR) is 117 cm³/mol. The maximum atomic E-state index is 12.7. The van der Waals surface area contributed by atoms with Gasteiger partial charge in [-0.25, -0.2) is 0 Å². The number of carbonyl (C=O) groups excluding carboxylic acids is 1. The highest BCUT2D eigenvalue weighted by Crippen LogP contribution is 2.42.